The summed E-state index contributed by atoms with van der Waals surface area (Å²) in [5.41, 5.74) is 2.99. The van der Waals surface area contributed by atoms with Gasteiger partial charge in [0.25, 0.3) is 5.56 Å². The first-order valence-electron chi connectivity index (χ1n) is 9.37. The Bertz CT molecular complexity index is 1190. The highest BCUT2D eigenvalue weighted by molar-refractivity contribution is 7.98. The molecular formula is C20H19N5OS2. The molecule has 142 valence electrons. The Kier molecular flexibility index (Phi) is 4.52. The Morgan fingerprint density at radius 1 is 1.25 bits per heavy atom. The molecule has 3 aromatic heterocycles. The number of aryl methyl sites for hydroxylation is 1. The van der Waals surface area contributed by atoms with Gasteiger partial charge in [-0.15, -0.1) is 0 Å². The van der Waals surface area contributed by atoms with E-state index in [0.29, 0.717) is 16.8 Å². The first kappa shape index (κ1) is 17.6. The van der Waals surface area contributed by atoms with Gasteiger partial charge < -0.3 is 4.57 Å². The van der Waals surface area contributed by atoms with E-state index >= 15 is 0 Å². The Balaban J connectivity index is 1.44. The minimum Gasteiger partial charge on any atom is -0.316 e. The van der Waals surface area contributed by atoms with Gasteiger partial charge in [0.15, 0.2) is 5.16 Å². The molecule has 0 saturated heterocycles. The second-order valence-electron chi connectivity index (χ2n) is 6.81. The summed E-state index contributed by atoms with van der Waals surface area (Å²) in [4.78, 5) is 22.3. The number of thioether (sulfide) groups is 1. The standard InChI is InChI=1S/C20H19N5OS2/c1-2-17-23-25-18(26)10-14(22-20(25)28-17)12-27-19-21-11-16(24(19)15-8-9-15)13-6-4-3-5-7-13/h3-7,10-11,15H,2,8-9,12H2,1H3. The van der Waals surface area contributed by atoms with Gasteiger partial charge in [0.1, 0.15) is 5.01 Å². The second-order valence-corrected chi connectivity index (χ2v) is 8.79. The maximum atomic E-state index is 12.4. The summed E-state index contributed by atoms with van der Waals surface area (Å²) >= 11 is 3.12. The summed E-state index contributed by atoms with van der Waals surface area (Å²) < 4.78 is 3.74. The molecule has 4 aromatic rings. The number of benzene rings is 1. The quantitative estimate of drug-likeness (QED) is 0.447. The number of imidazole rings is 1. The van der Waals surface area contributed by atoms with Gasteiger partial charge in [-0.3, -0.25) is 4.79 Å². The number of rotatable bonds is 6. The fourth-order valence-corrected chi connectivity index (χ4v) is 5.01. The van der Waals surface area contributed by atoms with Crippen LogP contribution in [0.25, 0.3) is 16.2 Å². The van der Waals surface area contributed by atoms with Crippen LogP contribution in [-0.2, 0) is 12.2 Å². The van der Waals surface area contributed by atoms with E-state index in [4.69, 9.17) is 0 Å². The van der Waals surface area contributed by atoms with Crippen molar-refractivity contribution in [3.05, 3.63) is 63.7 Å². The lowest BCUT2D eigenvalue weighted by molar-refractivity contribution is 0.669. The van der Waals surface area contributed by atoms with Crippen molar-refractivity contribution in [3.63, 3.8) is 0 Å². The fraction of sp³-hybridized carbons (Fsp3) is 0.300. The van der Waals surface area contributed by atoms with Gasteiger partial charge in [-0.1, -0.05) is 60.4 Å². The van der Waals surface area contributed by atoms with Crippen molar-refractivity contribution in [3.8, 4) is 11.3 Å². The number of aromatic nitrogens is 5. The summed E-state index contributed by atoms with van der Waals surface area (Å²) in [7, 11) is 0. The molecule has 1 aromatic carbocycles. The van der Waals surface area contributed by atoms with Crippen molar-refractivity contribution in [1.29, 1.82) is 0 Å². The normalized spacial score (nSPS) is 14.0. The van der Waals surface area contributed by atoms with Crippen LogP contribution in [0.2, 0.25) is 0 Å². The van der Waals surface area contributed by atoms with Gasteiger partial charge in [-0.05, 0) is 24.8 Å². The van der Waals surface area contributed by atoms with Gasteiger partial charge >= 0.3 is 0 Å². The molecule has 1 aliphatic carbocycles. The molecule has 0 atom stereocenters. The molecular weight excluding hydrogens is 390 g/mol. The Hall–Kier alpha value is -2.45. The van der Waals surface area contributed by atoms with Crippen molar-refractivity contribution in [2.75, 3.05) is 0 Å². The molecule has 6 nitrogen and oxygen atoms in total. The smallest absolute Gasteiger partial charge is 0.275 e. The zero-order valence-electron chi connectivity index (χ0n) is 15.4. The van der Waals surface area contributed by atoms with Crippen LogP contribution in [0.3, 0.4) is 0 Å². The monoisotopic (exact) mass is 409 g/mol. The predicted octanol–water partition coefficient (Wildman–Crippen LogP) is 4.20. The molecule has 0 spiro atoms. The van der Waals surface area contributed by atoms with Gasteiger partial charge in [0, 0.05) is 17.9 Å². The maximum absolute atomic E-state index is 12.4. The van der Waals surface area contributed by atoms with E-state index in [1.807, 2.05) is 19.2 Å². The van der Waals surface area contributed by atoms with E-state index in [0.717, 1.165) is 28.0 Å². The van der Waals surface area contributed by atoms with E-state index in [-0.39, 0.29) is 5.56 Å². The molecule has 0 amide bonds. The van der Waals surface area contributed by atoms with Gasteiger partial charge in [0.05, 0.1) is 17.6 Å². The van der Waals surface area contributed by atoms with E-state index < -0.39 is 0 Å². The molecule has 1 saturated carbocycles. The van der Waals surface area contributed by atoms with E-state index in [9.17, 15) is 4.79 Å². The summed E-state index contributed by atoms with van der Waals surface area (Å²) in [6.07, 6.45) is 5.14. The highest BCUT2D eigenvalue weighted by atomic mass is 32.2. The van der Waals surface area contributed by atoms with Crippen LogP contribution in [0.1, 0.15) is 36.5 Å². The third-order valence-electron chi connectivity index (χ3n) is 4.74. The van der Waals surface area contributed by atoms with Gasteiger partial charge in [-0.2, -0.15) is 9.61 Å². The maximum Gasteiger partial charge on any atom is 0.275 e. The Labute approximate surface area is 170 Å². The number of hydrogen-bond acceptors (Lipinski definition) is 6. The molecule has 0 bridgehead atoms. The van der Waals surface area contributed by atoms with Crippen LogP contribution in [0, 0.1) is 0 Å². The predicted molar refractivity (Wildman–Crippen MR) is 112 cm³/mol. The van der Waals surface area contributed by atoms with Crippen LogP contribution in [0.4, 0.5) is 0 Å². The average molecular weight is 410 g/mol. The molecule has 0 radical (unpaired) electrons. The average Bonchev–Trinajstić information content (AvgIpc) is 3.32. The second kappa shape index (κ2) is 7.18. The first-order chi connectivity index (χ1) is 13.7. The number of nitrogens with zero attached hydrogens (tertiary/aromatic N) is 5. The van der Waals surface area contributed by atoms with Crippen molar-refractivity contribution in [1.82, 2.24) is 24.1 Å². The molecule has 1 aliphatic rings. The Morgan fingerprint density at radius 3 is 2.82 bits per heavy atom. The third kappa shape index (κ3) is 3.27. The van der Waals surface area contributed by atoms with Crippen LogP contribution in [0.15, 0.2) is 52.5 Å². The Morgan fingerprint density at radius 2 is 2.07 bits per heavy atom. The molecule has 8 heteroatoms. The van der Waals surface area contributed by atoms with Gasteiger partial charge in [0.2, 0.25) is 4.96 Å². The zero-order valence-corrected chi connectivity index (χ0v) is 17.0. The summed E-state index contributed by atoms with van der Waals surface area (Å²) in [6, 6.07) is 12.5. The molecule has 5 rings (SSSR count). The van der Waals surface area contributed by atoms with Gasteiger partial charge in [-0.25, -0.2) is 9.97 Å². The summed E-state index contributed by atoms with van der Waals surface area (Å²) in [5.74, 6) is 0.614. The number of fused-ring (bicyclic) bond motifs is 1. The fourth-order valence-electron chi connectivity index (χ4n) is 3.21. The molecule has 28 heavy (non-hydrogen) atoms. The third-order valence-corrected chi connectivity index (χ3v) is 6.79. The van der Waals surface area contributed by atoms with Crippen molar-refractivity contribution < 1.29 is 0 Å². The van der Waals surface area contributed by atoms with Crippen LogP contribution in [-0.4, -0.2) is 24.1 Å². The largest absolute Gasteiger partial charge is 0.316 e. The van der Waals surface area contributed by atoms with E-state index in [1.165, 1.54) is 34.3 Å². The summed E-state index contributed by atoms with van der Waals surface area (Å²) in [6.45, 7) is 2.03. The zero-order chi connectivity index (χ0) is 19.1. The SMILES string of the molecule is CCc1nn2c(=O)cc(CSc3ncc(-c4ccccc4)n3C3CC3)nc2s1. The van der Waals surface area contributed by atoms with Crippen LogP contribution in [0.5, 0.6) is 0 Å². The lowest BCUT2D eigenvalue weighted by Gasteiger charge is -2.10. The first-order valence-corrected chi connectivity index (χ1v) is 11.2. The molecule has 1 fully saturated rings. The van der Waals surface area contributed by atoms with E-state index in [1.54, 1.807) is 17.8 Å². The van der Waals surface area contributed by atoms with E-state index in [2.05, 4.69) is 43.9 Å². The van der Waals surface area contributed by atoms with Crippen molar-refractivity contribution in [2.45, 2.75) is 43.1 Å². The highest BCUT2D eigenvalue weighted by Crippen LogP contribution is 2.42. The minimum absolute atomic E-state index is 0.118. The van der Waals surface area contributed by atoms with Crippen LogP contribution < -0.4 is 5.56 Å². The summed E-state index contributed by atoms with van der Waals surface area (Å²) in [5, 5.41) is 6.22. The molecule has 0 aliphatic heterocycles. The van der Waals surface area contributed by atoms with Crippen LogP contribution >= 0.6 is 23.1 Å². The number of hydrogen-bond donors (Lipinski definition) is 0. The van der Waals surface area contributed by atoms with Crippen molar-refractivity contribution in [2.24, 2.45) is 0 Å². The highest BCUT2D eigenvalue weighted by Gasteiger charge is 2.29. The molecule has 3 heterocycles. The minimum atomic E-state index is -0.118. The topological polar surface area (TPSA) is 65.1 Å². The molecule has 0 N–H and O–H groups in total. The lowest BCUT2D eigenvalue weighted by Crippen LogP contribution is -2.15. The molecule has 0 unspecified atom stereocenters. The lowest BCUT2D eigenvalue weighted by atomic mass is 10.2. The van der Waals surface area contributed by atoms with Crippen molar-refractivity contribution >= 4 is 28.1 Å².